The van der Waals surface area contributed by atoms with E-state index in [0.717, 1.165) is 9.32 Å². The van der Waals surface area contributed by atoms with Crippen molar-refractivity contribution in [3.63, 3.8) is 0 Å². The molecule has 0 radical (unpaired) electrons. The van der Waals surface area contributed by atoms with Crippen molar-refractivity contribution >= 4 is 28.3 Å². The van der Waals surface area contributed by atoms with Crippen LogP contribution in [-0.2, 0) is 6.54 Å². The van der Waals surface area contributed by atoms with E-state index in [1.807, 2.05) is 24.3 Å². The van der Waals surface area contributed by atoms with Gasteiger partial charge in [-0.1, -0.05) is 6.07 Å². The number of nitrogens with two attached hydrogens (primary N) is 1. The van der Waals surface area contributed by atoms with E-state index in [9.17, 15) is 4.79 Å². The predicted molar refractivity (Wildman–Crippen MR) is 79.8 cm³/mol. The summed E-state index contributed by atoms with van der Waals surface area (Å²) in [4.78, 5) is 11.5. The lowest BCUT2D eigenvalue weighted by Gasteiger charge is -2.08. The second kappa shape index (κ2) is 5.90. The lowest BCUT2D eigenvalue weighted by molar-refractivity contribution is 0.296. The van der Waals surface area contributed by atoms with E-state index < -0.39 is 0 Å². The highest BCUT2D eigenvalue weighted by Crippen LogP contribution is 2.14. The van der Waals surface area contributed by atoms with Crippen LogP contribution in [0.5, 0.6) is 5.75 Å². The monoisotopic (exact) mass is 356 g/mol. The molecule has 94 valence electrons. The fraction of sp³-hybridized carbons (Fsp3) is 0.154. The second-order valence-electron chi connectivity index (χ2n) is 3.80. The Morgan fingerprint density at radius 1 is 1.28 bits per heavy atom. The average Bonchev–Trinajstić information content (AvgIpc) is 2.34. The molecule has 2 aromatic rings. The molecule has 0 saturated carbocycles. The molecule has 0 bridgehead atoms. The summed E-state index contributed by atoms with van der Waals surface area (Å²) in [6, 6.07) is 10.8. The predicted octanol–water partition coefficient (Wildman–Crippen LogP) is 2.11. The van der Waals surface area contributed by atoms with Gasteiger partial charge in [-0.15, -0.1) is 0 Å². The molecule has 0 aliphatic heterocycles. The normalized spacial score (nSPS) is 10.3. The third-order valence-corrected chi connectivity index (χ3v) is 3.07. The van der Waals surface area contributed by atoms with Crippen molar-refractivity contribution in [3.05, 3.63) is 56.5 Å². The van der Waals surface area contributed by atoms with E-state index in [1.165, 1.54) is 6.07 Å². The molecule has 0 aliphatic rings. The zero-order chi connectivity index (χ0) is 13.0. The molecule has 1 aromatic carbocycles. The highest BCUT2D eigenvalue weighted by Gasteiger charge is 1.98. The quantitative estimate of drug-likeness (QED) is 0.854. The van der Waals surface area contributed by atoms with Gasteiger partial charge in [0.25, 0.3) is 5.56 Å². The molecular formula is C13H13IN2O2. The van der Waals surface area contributed by atoms with E-state index >= 15 is 0 Å². The summed E-state index contributed by atoms with van der Waals surface area (Å²) in [6.07, 6.45) is 1.63. The first-order valence-electron chi connectivity index (χ1n) is 5.49. The van der Waals surface area contributed by atoms with Crippen molar-refractivity contribution in [2.75, 3.05) is 12.3 Å². The maximum absolute atomic E-state index is 11.5. The number of nitrogen functional groups attached to an aromatic ring is 1. The minimum atomic E-state index is -0.0737. The van der Waals surface area contributed by atoms with Crippen LogP contribution in [0, 0.1) is 3.57 Å². The van der Waals surface area contributed by atoms with Crippen molar-refractivity contribution in [3.8, 4) is 5.75 Å². The van der Waals surface area contributed by atoms with Crippen molar-refractivity contribution in [1.82, 2.24) is 4.57 Å². The van der Waals surface area contributed by atoms with Crippen LogP contribution in [0.15, 0.2) is 47.4 Å². The molecule has 0 unspecified atom stereocenters. The van der Waals surface area contributed by atoms with E-state index in [4.69, 9.17) is 10.5 Å². The first kappa shape index (κ1) is 12.9. The summed E-state index contributed by atoms with van der Waals surface area (Å²) in [5, 5.41) is 0. The van der Waals surface area contributed by atoms with Crippen LogP contribution < -0.4 is 16.0 Å². The van der Waals surface area contributed by atoms with Gasteiger partial charge in [-0.05, 0) is 46.9 Å². The fourth-order valence-electron chi connectivity index (χ4n) is 1.54. The van der Waals surface area contributed by atoms with Crippen LogP contribution in [0.4, 0.5) is 5.69 Å². The molecule has 0 fully saturated rings. The van der Waals surface area contributed by atoms with Crippen molar-refractivity contribution in [2.24, 2.45) is 0 Å². The minimum absolute atomic E-state index is 0.0737. The Morgan fingerprint density at radius 2 is 2.11 bits per heavy atom. The van der Waals surface area contributed by atoms with Gasteiger partial charge in [0.2, 0.25) is 0 Å². The highest BCUT2D eigenvalue weighted by molar-refractivity contribution is 14.1. The van der Waals surface area contributed by atoms with Gasteiger partial charge < -0.3 is 15.0 Å². The van der Waals surface area contributed by atoms with Gasteiger partial charge in [0.1, 0.15) is 12.4 Å². The Labute approximate surface area is 119 Å². The van der Waals surface area contributed by atoms with Crippen molar-refractivity contribution in [1.29, 1.82) is 0 Å². The molecule has 0 saturated heterocycles. The maximum atomic E-state index is 11.5. The van der Waals surface area contributed by atoms with Crippen LogP contribution in [0.2, 0.25) is 0 Å². The third-order valence-electron chi connectivity index (χ3n) is 2.40. The summed E-state index contributed by atoms with van der Waals surface area (Å²) >= 11 is 2.23. The van der Waals surface area contributed by atoms with E-state index in [1.54, 1.807) is 16.8 Å². The Kier molecular flexibility index (Phi) is 4.24. The van der Waals surface area contributed by atoms with Gasteiger partial charge in [0, 0.05) is 21.5 Å². The lowest BCUT2D eigenvalue weighted by atomic mass is 10.3. The number of pyridine rings is 1. The Balaban J connectivity index is 1.96. The number of benzene rings is 1. The molecule has 0 atom stereocenters. The molecule has 0 amide bonds. The highest BCUT2D eigenvalue weighted by atomic mass is 127. The molecule has 5 heteroatoms. The molecule has 18 heavy (non-hydrogen) atoms. The van der Waals surface area contributed by atoms with Crippen LogP contribution in [0.3, 0.4) is 0 Å². The zero-order valence-electron chi connectivity index (χ0n) is 9.67. The van der Waals surface area contributed by atoms with Gasteiger partial charge in [-0.2, -0.15) is 0 Å². The Hall–Kier alpha value is -1.50. The number of nitrogens with zero attached hydrogens (tertiary/aromatic N) is 1. The number of aromatic nitrogens is 1. The van der Waals surface area contributed by atoms with Gasteiger partial charge >= 0.3 is 0 Å². The molecule has 0 spiro atoms. The van der Waals surface area contributed by atoms with E-state index in [-0.39, 0.29) is 5.56 Å². The van der Waals surface area contributed by atoms with Crippen molar-refractivity contribution < 1.29 is 4.74 Å². The lowest BCUT2D eigenvalue weighted by Crippen LogP contribution is -2.22. The molecule has 0 aliphatic carbocycles. The summed E-state index contributed by atoms with van der Waals surface area (Å²) in [5.41, 5.74) is 6.13. The standard InChI is InChI=1S/C13H13IN2O2/c14-10-2-1-3-12(8-10)18-7-6-16-9-11(15)4-5-13(16)17/h1-5,8-9H,6-7,15H2. The topological polar surface area (TPSA) is 57.2 Å². The number of anilines is 1. The van der Waals surface area contributed by atoms with Gasteiger partial charge in [0.15, 0.2) is 0 Å². The minimum Gasteiger partial charge on any atom is -0.492 e. The number of hydrogen-bond acceptors (Lipinski definition) is 3. The molecule has 4 nitrogen and oxygen atoms in total. The van der Waals surface area contributed by atoms with Gasteiger partial charge in [-0.25, -0.2) is 0 Å². The van der Waals surface area contributed by atoms with E-state index in [2.05, 4.69) is 22.6 Å². The molecule has 2 rings (SSSR count). The Morgan fingerprint density at radius 3 is 2.89 bits per heavy atom. The summed E-state index contributed by atoms with van der Waals surface area (Å²) in [6.45, 7) is 0.915. The first-order valence-corrected chi connectivity index (χ1v) is 6.57. The number of ether oxygens (including phenoxy) is 1. The van der Waals surface area contributed by atoms with Gasteiger partial charge in [0.05, 0.1) is 6.54 Å². The number of halogens is 1. The molecule has 1 heterocycles. The number of hydrogen-bond donors (Lipinski definition) is 1. The fourth-order valence-corrected chi connectivity index (χ4v) is 2.06. The SMILES string of the molecule is Nc1ccc(=O)n(CCOc2cccc(I)c2)c1. The summed E-state index contributed by atoms with van der Waals surface area (Å²) < 4.78 is 8.24. The molecule has 1 aromatic heterocycles. The molecule has 2 N–H and O–H groups in total. The summed E-state index contributed by atoms with van der Waals surface area (Å²) in [7, 11) is 0. The third kappa shape index (κ3) is 3.49. The van der Waals surface area contributed by atoms with Gasteiger partial charge in [-0.3, -0.25) is 4.79 Å². The van der Waals surface area contributed by atoms with Crippen LogP contribution in [-0.4, -0.2) is 11.2 Å². The second-order valence-corrected chi connectivity index (χ2v) is 5.05. The van der Waals surface area contributed by atoms with Crippen LogP contribution >= 0.6 is 22.6 Å². The summed E-state index contributed by atoms with van der Waals surface area (Å²) in [5.74, 6) is 0.804. The largest absolute Gasteiger partial charge is 0.492 e. The average molecular weight is 356 g/mol. The van der Waals surface area contributed by atoms with Crippen LogP contribution in [0.1, 0.15) is 0 Å². The smallest absolute Gasteiger partial charge is 0.250 e. The Bertz CT molecular complexity index is 596. The first-order chi connectivity index (χ1) is 8.65. The maximum Gasteiger partial charge on any atom is 0.250 e. The molecular weight excluding hydrogens is 343 g/mol. The van der Waals surface area contributed by atoms with Crippen molar-refractivity contribution in [2.45, 2.75) is 6.54 Å². The zero-order valence-corrected chi connectivity index (χ0v) is 11.8. The van der Waals surface area contributed by atoms with E-state index in [0.29, 0.717) is 18.8 Å². The number of rotatable bonds is 4. The van der Waals surface area contributed by atoms with Crippen LogP contribution in [0.25, 0.3) is 0 Å².